The van der Waals surface area contributed by atoms with Crippen molar-refractivity contribution in [3.63, 3.8) is 0 Å². The Balaban J connectivity index is 1.44. The van der Waals surface area contributed by atoms with Crippen molar-refractivity contribution in [2.75, 3.05) is 25.1 Å². The van der Waals surface area contributed by atoms with Gasteiger partial charge in [-0.15, -0.1) is 11.3 Å². The van der Waals surface area contributed by atoms with Crippen LogP contribution in [0, 0.1) is 6.92 Å². The highest BCUT2D eigenvalue weighted by Gasteiger charge is 2.07. The lowest BCUT2D eigenvalue weighted by Gasteiger charge is -2.10. The average Bonchev–Trinajstić information content (AvgIpc) is 3.20. The van der Waals surface area contributed by atoms with Crippen LogP contribution < -0.4 is 10.1 Å². The van der Waals surface area contributed by atoms with E-state index in [4.69, 9.17) is 9.84 Å². The number of aliphatic hydroxyl groups excluding tert-OH is 1. The quantitative estimate of drug-likeness (QED) is 0.459. The molecule has 0 saturated heterocycles. The van der Waals surface area contributed by atoms with Crippen LogP contribution in [0.2, 0.25) is 0 Å². The predicted molar refractivity (Wildman–Crippen MR) is 117 cm³/mol. The van der Waals surface area contributed by atoms with Crippen molar-refractivity contribution in [2.24, 2.45) is 0 Å². The van der Waals surface area contributed by atoms with Crippen LogP contribution in [0.15, 0.2) is 54.0 Å². The summed E-state index contributed by atoms with van der Waals surface area (Å²) in [6, 6.07) is 16.1. The number of fused-ring (bicyclic) bond motifs is 1. The third-order valence-electron chi connectivity index (χ3n) is 4.44. The Kier molecular flexibility index (Phi) is 5.97. The maximum absolute atomic E-state index is 8.88. The minimum atomic E-state index is 0.0110. The van der Waals surface area contributed by atoms with Crippen LogP contribution in [0.25, 0.3) is 21.5 Å². The number of ether oxygens (including phenoxy) is 1. The van der Waals surface area contributed by atoms with Gasteiger partial charge in [-0.2, -0.15) is 0 Å². The Morgan fingerprint density at radius 3 is 2.93 bits per heavy atom. The van der Waals surface area contributed by atoms with E-state index in [2.05, 4.69) is 32.4 Å². The fourth-order valence-electron chi connectivity index (χ4n) is 3.11. The van der Waals surface area contributed by atoms with Crippen LogP contribution in [-0.2, 0) is 6.42 Å². The first-order chi connectivity index (χ1) is 14.2. The number of aliphatic hydroxyl groups is 1. The van der Waals surface area contributed by atoms with E-state index in [9.17, 15) is 0 Å². The molecule has 0 aliphatic rings. The molecule has 0 atom stereocenters. The molecule has 6 nitrogen and oxygen atoms in total. The van der Waals surface area contributed by atoms with Gasteiger partial charge >= 0.3 is 0 Å². The number of rotatable bonds is 8. The molecule has 2 aromatic carbocycles. The fourth-order valence-corrected chi connectivity index (χ4v) is 3.83. The summed E-state index contributed by atoms with van der Waals surface area (Å²) in [5.74, 6) is 2.31. The second-order valence-corrected chi connectivity index (χ2v) is 7.50. The lowest BCUT2D eigenvalue weighted by atomic mass is 10.1. The van der Waals surface area contributed by atoms with Crippen LogP contribution in [0.5, 0.6) is 5.75 Å². The molecule has 0 unspecified atom stereocenters. The number of nitrogens with zero attached hydrogens (tertiary/aromatic N) is 3. The van der Waals surface area contributed by atoms with Gasteiger partial charge in [0.2, 0.25) is 0 Å². The Hall–Kier alpha value is -3.03. The first-order valence-corrected chi connectivity index (χ1v) is 10.3. The zero-order valence-electron chi connectivity index (χ0n) is 16.1. The molecule has 2 heterocycles. The minimum absolute atomic E-state index is 0.0110. The molecule has 0 fully saturated rings. The largest absolute Gasteiger partial charge is 0.491 e. The smallest absolute Gasteiger partial charge is 0.130 e. The van der Waals surface area contributed by atoms with Gasteiger partial charge in [0.15, 0.2) is 0 Å². The maximum atomic E-state index is 8.88. The third kappa shape index (κ3) is 4.88. The van der Waals surface area contributed by atoms with Gasteiger partial charge < -0.3 is 15.2 Å². The lowest BCUT2D eigenvalue weighted by Crippen LogP contribution is -2.08. The van der Waals surface area contributed by atoms with Crippen molar-refractivity contribution in [3.05, 3.63) is 65.4 Å². The van der Waals surface area contributed by atoms with Gasteiger partial charge in [0.1, 0.15) is 24.0 Å². The van der Waals surface area contributed by atoms with Crippen molar-refractivity contribution in [1.29, 1.82) is 0 Å². The molecule has 0 bridgehead atoms. The molecule has 0 saturated carbocycles. The van der Waals surface area contributed by atoms with E-state index in [1.54, 1.807) is 11.3 Å². The number of hydrogen-bond acceptors (Lipinski definition) is 7. The number of aromatic nitrogens is 3. The van der Waals surface area contributed by atoms with Gasteiger partial charge in [-0.25, -0.2) is 15.0 Å². The minimum Gasteiger partial charge on any atom is -0.491 e. The molecule has 0 aliphatic heterocycles. The van der Waals surface area contributed by atoms with Crippen molar-refractivity contribution in [2.45, 2.75) is 13.3 Å². The SMILES string of the molecule is Cc1nc(NCCc2cccc(OCCO)c2)cc(-c2ccc3ncsc3c2)n1. The predicted octanol–water partition coefficient (Wildman–Crippen LogP) is 4.09. The molecule has 4 rings (SSSR count). The van der Waals surface area contributed by atoms with Crippen molar-refractivity contribution < 1.29 is 9.84 Å². The van der Waals surface area contributed by atoms with Gasteiger partial charge in [0.25, 0.3) is 0 Å². The van der Waals surface area contributed by atoms with E-state index in [1.807, 2.05) is 48.8 Å². The second kappa shape index (κ2) is 8.98. The molecule has 0 aliphatic carbocycles. The first-order valence-electron chi connectivity index (χ1n) is 9.47. The summed E-state index contributed by atoms with van der Waals surface area (Å²) in [6.07, 6.45) is 0.835. The number of benzene rings is 2. The summed E-state index contributed by atoms with van der Waals surface area (Å²) in [5.41, 5.74) is 5.98. The van der Waals surface area contributed by atoms with E-state index in [0.29, 0.717) is 6.61 Å². The highest BCUT2D eigenvalue weighted by atomic mass is 32.1. The molecule has 29 heavy (non-hydrogen) atoms. The summed E-state index contributed by atoms with van der Waals surface area (Å²) in [7, 11) is 0. The molecular weight excluding hydrogens is 384 g/mol. The van der Waals surface area contributed by atoms with Crippen LogP contribution >= 0.6 is 11.3 Å². The van der Waals surface area contributed by atoms with Gasteiger partial charge in [0, 0.05) is 18.2 Å². The number of anilines is 1. The number of aryl methyl sites for hydroxylation is 1. The molecule has 4 aromatic rings. The lowest BCUT2D eigenvalue weighted by molar-refractivity contribution is 0.201. The van der Waals surface area contributed by atoms with Crippen LogP contribution in [0.3, 0.4) is 0 Å². The second-order valence-electron chi connectivity index (χ2n) is 6.62. The van der Waals surface area contributed by atoms with Gasteiger partial charge in [0.05, 0.1) is 28.0 Å². The standard InChI is InChI=1S/C22H22N4O2S/c1-15-25-20(17-5-6-19-21(12-17)29-14-24-19)13-22(26-15)23-8-7-16-3-2-4-18(11-16)28-10-9-27/h2-6,11-14,27H,7-10H2,1H3,(H,23,25,26). The molecule has 0 amide bonds. The van der Waals surface area contributed by atoms with Crippen LogP contribution in [-0.4, -0.2) is 39.8 Å². The van der Waals surface area contributed by atoms with E-state index in [-0.39, 0.29) is 6.61 Å². The van der Waals surface area contributed by atoms with E-state index in [0.717, 1.165) is 57.4 Å². The van der Waals surface area contributed by atoms with Crippen molar-refractivity contribution in [1.82, 2.24) is 15.0 Å². The normalized spacial score (nSPS) is 11.0. The summed E-state index contributed by atoms with van der Waals surface area (Å²) in [4.78, 5) is 13.4. The Morgan fingerprint density at radius 1 is 1.10 bits per heavy atom. The summed E-state index contributed by atoms with van der Waals surface area (Å²) < 4.78 is 6.62. The molecule has 148 valence electrons. The van der Waals surface area contributed by atoms with Crippen molar-refractivity contribution >= 4 is 27.4 Å². The fraction of sp³-hybridized carbons (Fsp3) is 0.227. The highest BCUT2D eigenvalue weighted by Crippen LogP contribution is 2.26. The number of hydrogen-bond donors (Lipinski definition) is 2. The molecule has 0 spiro atoms. The molecule has 7 heteroatoms. The monoisotopic (exact) mass is 406 g/mol. The topological polar surface area (TPSA) is 80.2 Å². The van der Waals surface area contributed by atoms with Crippen LogP contribution in [0.4, 0.5) is 5.82 Å². The number of nitrogens with one attached hydrogen (secondary N) is 1. The van der Waals surface area contributed by atoms with Gasteiger partial charge in [-0.05, 0) is 43.2 Å². The zero-order chi connectivity index (χ0) is 20.1. The summed E-state index contributed by atoms with van der Waals surface area (Å²) in [6.45, 7) is 2.96. The Morgan fingerprint density at radius 2 is 2.03 bits per heavy atom. The van der Waals surface area contributed by atoms with Gasteiger partial charge in [-0.1, -0.05) is 18.2 Å². The van der Waals surface area contributed by atoms with E-state index < -0.39 is 0 Å². The zero-order valence-corrected chi connectivity index (χ0v) is 16.9. The third-order valence-corrected chi connectivity index (χ3v) is 5.23. The average molecular weight is 407 g/mol. The summed E-state index contributed by atoms with van der Waals surface area (Å²) >= 11 is 1.63. The summed E-state index contributed by atoms with van der Waals surface area (Å²) in [5, 5.41) is 12.3. The maximum Gasteiger partial charge on any atom is 0.130 e. The van der Waals surface area contributed by atoms with E-state index in [1.165, 1.54) is 0 Å². The van der Waals surface area contributed by atoms with Crippen molar-refractivity contribution in [3.8, 4) is 17.0 Å². The molecule has 0 radical (unpaired) electrons. The molecular formula is C22H22N4O2S. The Labute approximate surface area is 173 Å². The molecule has 2 aromatic heterocycles. The van der Waals surface area contributed by atoms with E-state index >= 15 is 0 Å². The van der Waals surface area contributed by atoms with Gasteiger partial charge in [-0.3, -0.25) is 0 Å². The highest BCUT2D eigenvalue weighted by molar-refractivity contribution is 7.16. The molecule has 2 N–H and O–H groups in total. The Bertz CT molecular complexity index is 1110. The number of thiazole rings is 1. The van der Waals surface area contributed by atoms with Crippen LogP contribution in [0.1, 0.15) is 11.4 Å². The first kappa shape index (κ1) is 19.3.